The largest absolute Gasteiger partial charge is 0.490 e. The zero-order valence-corrected chi connectivity index (χ0v) is 17.0. The number of carbonyl (C=O) groups excluding carboxylic acids is 1. The van der Waals surface area contributed by atoms with Crippen LogP contribution in [0.2, 0.25) is 0 Å². The summed E-state index contributed by atoms with van der Waals surface area (Å²) in [4.78, 5) is 17.0. The minimum Gasteiger partial charge on any atom is -0.490 e. The number of hydrogen-bond donors (Lipinski definition) is 0. The van der Waals surface area contributed by atoms with Crippen LogP contribution in [0.1, 0.15) is 41.6 Å². The lowest BCUT2D eigenvalue weighted by Gasteiger charge is -2.31. The Kier molecular flexibility index (Phi) is 6.63. The number of hydrogen-bond acceptors (Lipinski definition) is 3. The van der Waals surface area contributed by atoms with Crippen LogP contribution in [0.15, 0.2) is 60.7 Å². The Hall–Kier alpha value is -2.59. The van der Waals surface area contributed by atoms with Gasteiger partial charge in [-0.15, -0.1) is 0 Å². The van der Waals surface area contributed by atoms with Crippen molar-refractivity contribution in [2.24, 2.45) is 0 Å². The van der Waals surface area contributed by atoms with Crippen LogP contribution < -0.4 is 4.74 Å². The summed E-state index contributed by atoms with van der Waals surface area (Å²) >= 11 is 0. The highest BCUT2D eigenvalue weighted by atomic mass is 16.5. The van der Waals surface area contributed by atoms with Crippen molar-refractivity contribution in [1.82, 2.24) is 9.80 Å². The Morgan fingerprint density at radius 3 is 2.48 bits per heavy atom. The molecule has 0 saturated carbocycles. The van der Waals surface area contributed by atoms with Crippen molar-refractivity contribution in [3.8, 4) is 5.75 Å². The summed E-state index contributed by atoms with van der Waals surface area (Å²) in [5.74, 6) is 0.949. The van der Waals surface area contributed by atoms with Crippen molar-refractivity contribution in [2.75, 3.05) is 32.7 Å². The first kappa shape index (κ1) is 19.7. The topological polar surface area (TPSA) is 32.8 Å². The van der Waals surface area contributed by atoms with Gasteiger partial charge in [0, 0.05) is 38.3 Å². The highest BCUT2D eigenvalue weighted by Crippen LogP contribution is 2.22. The zero-order valence-electron chi connectivity index (χ0n) is 17.0. The molecular weight excluding hydrogens is 360 g/mol. The quantitative estimate of drug-likeness (QED) is 0.729. The molecule has 0 atom stereocenters. The summed E-state index contributed by atoms with van der Waals surface area (Å²) in [6.07, 6.45) is 8.91. The number of likely N-dealkylation sites (tertiary alicyclic amines) is 2. The molecule has 2 aromatic rings. The second kappa shape index (κ2) is 9.75. The van der Waals surface area contributed by atoms with Gasteiger partial charge in [-0.3, -0.25) is 9.69 Å². The van der Waals surface area contributed by atoms with Gasteiger partial charge in [-0.1, -0.05) is 48.6 Å². The lowest BCUT2D eigenvalue weighted by Crippen LogP contribution is -2.38. The van der Waals surface area contributed by atoms with E-state index in [-0.39, 0.29) is 12.0 Å². The first-order chi connectivity index (χ1) is 14.3. The van der Waals surface area contributed by atoms with E-state index in [1.165, 1.54) is 5.56 Å². The average Bonchev–Trinajstić information content (AvgIpc) is 3.30. The van der Waals surface area contributed by atoms with Gasteiger partial charge in [0.05, 0.1) is 0 Å². The van der Waals surface area contributed by atoms with Crippen LogP contribution >= 0.6 is 0 Å². The van der Waals surface area contributed by atoms with E-state index in [0.29, 0.717) is 0 Å². The van der Waals surface area contributed by atoms with E-state index < -0.39 is 0 Å². The third-order valence-electron chi connectivity index (χ3n) is 5.79. The number of nitrogens with zero attached hydrogens (tertiary/aromatic N) is 2. The zero-order chi connectivity index (χ0) is 19.9. The van der Waals surface area contributed by atoms with Crippen LogP contribution in [0.4, 0.5) is 0 Å². The minimum atomic E-state index is 0.132. The molecule has 2 heterocycles. The number of piperidine rings is 1. The second-order valence-electron chi connectivity index (χ2n) is 7.96. The van der Waals surface area contributed by atoms with E-state index in [2.05, 4.69) is 41.3 Å². The molecule has 2 aromatic carbocycles. The number of rotatable bonds is 6. The third kappa shape index (κ3) is 5.48. The standard InChI is InChI=1S/C25H30N2O2/c28-25(27-16-4-5-17-27)22-11-6-12-24(20-22)29-23-13-18-26(19-14-23)15-7-10-21-8-2-1-3-9-21/h1-3,6-12,20,23H,4-5,13-19H2. The van der Waals surface area contributed by atoms with E-state index in [1.807, 2.05) is 35.2 Å². The summed E-state index contributed by atoms with van der Waals surface area (Å²) in [5, 5.41) is 0. The SMILES string of the molecule is O=C(c1cccc(OC2CCN(CC=Cc3ccccc3)CC2)c1)N1CCCC1. The van der Waals surface area contributed by atoms with E-state index >= 15 is 0 Å². The monoisotopic (exact) mass is 390 g/mol. The number of amides is 1. The summed E-state index contributed by atoms with van der Waals surface area (Å²) in [6, 6.07) is 18.1. The Balaban J connectivity index is 1.25. The molecule has 0 bridgehead atoms. The van der Waals surface area contributed by atoms with E-state index in [9.17, 15) is 4.79 Å². The van der Waals surface area contributed by atoms with Gasteiger partial charge in [-0.25, -0.2) is 0 Å². The van der Waals surface area contributed by atoms with Gasteiger partial charge < -0.3 is 9.64 Å². The van der Waals surface area contributed by atoms with Gasteiger partial charge in [0.1, 0.15) is 11.9 Å². The molecule has 0 spiro atoms. The summed E-state index contributed by atoms with van der Waals surface area (Å²) in [7, 11) is 0. The van der Waals surface area contributed by atoms with E-state index in [1.54, 1.807) is 0 Å². The predicted octanol–water partition coefficient (Wildman–Crippen LogP) is 4.48. The molecule has 2 aliphatic rings. The maximum atomic E-state index is 12.6. The average molecular weight is 391 g/mol. The maximum absolute atomic E-state index is 12.6. The minimum absolute atomic E-state index is 0.132. The molecule has 0 unspecified atom stereocenters. The molecule has 4 rings (SSSR count). The maximum Gasteiger partial charge on any atom is 0.253 e. The fraction of sp³-hybridized carbons (Fsp3) is 0.400. The second-order valence-corrected chi connectivity index (χ2v) is 7.96. The molecule has 0 radical (unpaired) electrons. The van der Waals surface area contributed by atoms with Crippen molar-refractivity contribution < 1.29 is 9.53 Å². The fourth-order valence-corrected chi connectivity index (χ4v) is 4.11. The molecule has 152 valence electrons. The Bertz CT molecular complexity index is 820. The molecule has 1 amide bonds. The van der Waals surface area contributed by atoms with Crippen LogP contribution in [-0.2, 0) is 0 Å². The van der Waals surface area contributed by atoms with E-state index in [4.69, 9.17) is 4.74 Å². The normalized spacial score (nSPS) is 18.4. The van der Waals surface area contributed by atoms with Gasteiger partial charge in [0.2, 0.25) is 0 Å². The molecule has 2 fully saturated rings. The van der Waals surface area contributed by atoms with Crippen LogP contribution in [0, 0.1) is 0 Å². The van der Waals surface area contributed by atoms with Crippen molar-refractivity contribution in [3.63, 3.8) is 0 Å². The van der Waals surface area contributed by atoms with Gasteiger partial charge in [-0.05, 0) is 49.4 Å². The lowest BCUT2D eigenvalue weighted by atomic mass is 10.1. The number of ether oxygens (including phenoxy) is 1. The highest BCUT2D eigenvalue weighted by molar-refractivity contribution is 5.94. The summed E-state index contributed by atoms with van der Waals surface area (Å²) in [5.41, 5.74) is 1.99. The molecule has 29 heavy (non-hydrogen) atoms. The third-order valence-corrected chi connectivity index (χ3v) is 5.79. The molecule has 0 N–H and O–H groups in total. The predicted molar refractivity (Wildman–Crippen MR) is 117 cm³/mol. The van der Waals surface area contributed by atoms with Crippen LogP contribution in [-0.4, -0.2) is 54.5 Å². The molecule has 2 saturated heterocycles. The summed E-state index contributed by atoms with van der Waals surface area (Å²) < 4.78 is 6.22. The number of carbonyl (C=O) groups is 1. The summed E-state index contributed by atoms with van der Waals surface area (Å²) in [6.45, 7) is 4.80. The Morgan fingerprint density at radius 2 is 1.72 bits per heavy atom. The molecular formula is C25H30N2O2. The first-order valence-corrected chi connectivity index (χ1v) is 10.8. The smallest absolute Gasteiger partial charge is 0.253 e. The fourth-order valence-electron chi connectivity index (χ4n) is 4.11. The molecule has 0 aromatic heterocycles. The first-order valence-electron chi connectivity index (χ1n) is 10.8. The van der Waals surface area contributed by atoms with Crippen LogP contribution in [0.3, 0.4) is 0 Å². The molecule has 4 heteroatoms. The van der Waals surface area contributed by atoms with Crippen LogP contribution in [0.5, 0.6) is 5.75 Å². The molecule has 4 nitrogen and oxygen atoms in total. The number of benzene rings is 2. The Morgan fingerprint density at radius 1 is 0.966 bits per heavy atom. The van der Waals surface area contributed by atoms with Crippen molar-refractivity contribution in [1.29, 1.82) is 0 Å². The van der Waals surface area contributed by atoms with Crippen LogP contribution in [0.25, 0.3) is 6.08 Å². The molecule has 0 aliphatic carbocycles. The van der Waals surface area contributed by atoms with Crippen molar-refractivity contribution >= 4 is 12.0 Å². The van der Waals surface area contributed by atoms with Gasteiger partial charge in [-0.2, -0.15) is 0 Å². The van der Waals surface area contributed by atoms with Crippen molar-refractivity contribution in [3.05, 3.63) is 71.8 Å². The lowest BCUT2D eigenvalue weighted by molar-refractivity contribution is 0.0790. The highest BCUT2D eigenvalue weighted by Gasteiger charge is 2.22. The molecule has 2 aliphatic heterocycles. The van der Waals surface area contributed by atoms with Crippen molar-refractivity contribution in [2.45, 2.75) is 31.8 Å². The van der Waals surface area contributed by atoms with Gasteiger partial charge in [0.15, 0.2) is 0 Å². The van der Waals surface area contributed by atoms with E-state index in [0.717, 1.165) is 69.7 Å². The van der Waals surface area contributed by atoms with Gasteiger partial charge in [0.25, 0.3) is 5.91 Å². The Labute approximate surface area is 173 Å². The van der Waals surface area contributed by atoms with Gasteiger partial charge >= 0.3 is 0 Å².